The van der Waals surface area contributed by atoms with Crippen molar-refractivity contribution >= 4 is 11.6 Å². The zero-order valence-electron chi connectivity index (χ0n) is 11.9. The number of hydrogen-bond acceptors (Lipinski definition) is 4. The highest BCUT2D eigenvalue weighted by Gasteiger charge is 2.16. The van der Waals surface area contributed by atoms with Crippen LogP contribution in [-0.4, -0.2) is 44.9 Å². The minimum atomic E-state index is -0.0848. The number of amides is 1. The Morgan fingerprint density at radius 1 is 1.35 bits per heavy atom. The third-order valence-corrected chi connectivity index (χ3v) is 3.11. The van der Waals surface area contributed by atoms with E-state index in [0.717, 1.165) is 18.7 Å². The number of hydrogen-bond donors (Lipinski definition) is 2. The molecule has 2 rings (SSSR count). The molecule has 1 aliphatic heterocycles. The van der Waals surface area contributed by atoms with Crippen LogP contribution in [0.25, 0.3) is 0 Å². The van der Waals surface area contributed by atoms with Crippen molar-refractivity contribution < 1.29 is 14.3 Å². The quantitative estimate of drug-likeness (QED) is 0.831. The largest absolute Gasteiger partial charge is 0.384 e. The van der Waals surface area contributed by atoms with Crippen molar-refractivity contribution in [1.29, 1.82) is 0 Å². The van der Waals surface area contributed by atoms with Gasteiger partial charge in [-0.2, -0.15) is 0 Å². The summed E-state index contributed by atoms with van der Waals surface area (Å²) in [5.74, 6) is -0.0848. The summed E-state index contributed by atoms with van der Waals surface area (Å²) in [6, 6.07) is 7.54. The fourth-order valence-corrected chi connectivity index (χ4v) is 2.05. The van der Waals surface area contributed by atoms with Crippen LogP contribution in [0.2, 0.25) is 0 Å². The molecule has 0 bridgehead atoms. The molecule has 1 amide bonds. The molecule has 1 heterocycles. The molecule has 0 saturated carbocycles. The van der Waals surface area contributed by atoms with Gasteiger partial charge < -0.3 is 20.1 Å². The maximum Gasteiger partial charge on any atom is 0.253 e. The summed E-state index contributed by atoms with van der Waals surface area (Å²) in [4.78, 5) is 12.2. The van der Waals surface area contributed by atoms with Crippen molar-refractivity contribution in [2.24, 2.45) is 0 Å². The second-order valence-electron chi connectivity index (χ2n) is 4.75. The second-order valence-corrected chi connectivity index (χ2v) is 4.75. The van der Waals surface area contributed by atoms with Crippen LogP contribution in [0.15, 0.2) is 24.3 Å². The summed E-state index contributed by atoms with van der Waals surface area (Å²) in [5.41, 5.74) is 1.53. The van der Waals surface area contributed by atoms with E-state index >= 15 is 0 Å². The molecular formula is C15H22N2O3. The maximum absolute atomic E-state index is 12.2. The molecule has 0 aromatic heterocycles. The Morgan fingerprint density at radius 3 is 2.95 bits per heavy atom. The normalized spacial score (nSPS) is 18.6. The smallest absolute Gasteiger partial charge is 0.253 e. The number of carbonyl (C=O) groups is 1. The SMILES string of the molecule is CCCNc1ccccc1C(=O)NCC1COCCO1. The summed E-state index contributed by atoms with van der Waals surface area (Å²) in [7, 11) is 0. The van der Waals surface area contributed by atoms with Gasteiger partial charge in [0.2, 0.25) is 0 Å². The van der Waals surface area contributed by atoms with Crippen molar-refractivity contribution in [1.82, 2.24) is 5.32 Å². The summed E-state index contributed by atoms with van der Waals surface area (Å²) in [6.07, 6.45) is 0.965. The molecule has 0 spiro atoms. The topological polar surface area (TPSA) is 59.6 Å². The lowest BCUT2D eigenvalue weighted by Gasteiger charge is -2.23. The highest BCUT2D eigenvalue weighted by molar-refractivity contribution is 5.99. The van der Waals surface area contributed by atoms with Crippen molar-refractivity contribution in [2.75, 3.05) is 38.2 Å². The molecule has 20 heavy (non-hydrogen) atoms. The van der Waals surface area contributed by atoms with Gasteiger partial charge in [0.05, 0.1) is 31.5 Å². The van der Waals surface area contributed by atoms with Crippen LogP contribution in [0.5, 0.6) is 0 Å². The van der Waals surface area contributed by atoms with Gasteiger partial charge in [-0.05, 0) is 18.6 Å². The summed E-state index contributed by atoms with van der Waals surface area (Å²) >= 11 is 0. The lowest BCUT2D eigenvalue weighted by Crippen LogP contribution is -2.39. The molecule has 0 radical (unpaired) electrons. The molecule has 1 saturated heterocycles. The lowest BCUT2D eigenvalue weighted by atomic mass is 10.1. The van der Waals surface area contributed by atoms with Crippen LogP contribution in [-0.2, 0) is 9.47 Å². The fourth-order valence-electron chi connectivity index (χ4n) is 2.05. The summed E-state index contributed by atoms with van der Waals surface area (Å²) in [6.45, 7) is 5.18. The van der Waals surface area contributed by atoms with Gasteiger partial charge >= 0.3 is 0 Å². The summed E-state index contributed by atoms with van der Waals surface area (Å²) in [5, 5.41) is 6.17. The van der Waals surface area contributed by atoms with Crippen LogP contribution in [0.1, 0.15) is 23.7 Å². The predicted octanol–water partition coefficient (Wildman–Crippen LogP) is 1.65. The molecule has 1 aromatic carbocycles. The van der Waals surface area contributed by atoms with Crippen molar-refractivity contribution in [3.63, 3.8) is 0 Å². The maximum atomic E-state index is 12.2. The Bertz CT molecular complexity index is 431. The first-order valence-corrected chi connectivity index (χ1v) is 7.11. The van der Waals surface area contributed by atoms with Gasteiger partial charge in [-0.15, -0.1) is 0 Å². The number of ether oxygens (including phenoxy) is 2. The zero-order chi connectivity index (χ0) is 14.2. The van der Waals surface area contributed by atoms with Gasteiger partial charge in [0.15, 0.2) is 0 Å². The average Bonchev–Trinajstić information content (AvgIpc) is 2.52. The van der Waals surface area contributed by atoms with Crippen LogP contribution in [0.4, 0.5) is 5.69 Å². The number of para-hydroxylation sites is 1. The van der Waals surface area contributed by atoms with Crippen LogP contribution < -0.4 is 10.6 Å². The van der Waals surface area contributed by atoms with E-state index in [-0.39, 0.29) is 12.0 Å². The van der Waals surface area contributed by atoms with E-state index < -0.39 is 0 Å². The van der Waals surface area contributed by atoms with Crippen LogP contribution in [0, 0.1) is 0 Å². The lowest BCUT2D eigenvalue weighted by molar-refractivity contribution is -0.0855. The molecule has 1 aromatic rings. The van der Waals surface area contributed by atoms with Gasteiger partial charge in [0.1, 0.15) is 0 Å². The highest BCUT2D eigenvalue weighted by atomic mass is 16.6. The number of benzene rings is 1. The molecule has 110 valence electrons. The van der Waals surface area contributed by atoms with Gasteiger partial charge in [-0.1, -0.05) is 19.1 Å². The number of nitrogens with one attached hydrogen (secondary N) is 2. The van der Waals surface area contributed by atoms with Gasteiger partial charge in [0.25, 0.3) is 5.91 Å². The molecule has 2 N–H and O–H groups in total. The van der Waals surface area contributed by atoms with Gasteiger partial charge in [0, 0.05) is 18.8 Å². The standard InChI is InChI=1S/C15H22N2O3/c1-2-7-16-14-6-4-3-5-13(14)15(18)17-10-12-11-19-8-9-20-12/h3-6,12,16H,2,7-11H2,1H3,(H,17,18). The fraction of sp³-hybridized carbons (Fsp3) is 0.533. The average molecular weight is 278 g/mol. The van der Waals surface area contributed by atoms with E-state index in [4.69, 9.17) is 9.47 Å². The third kappa shape index (κ3) is 4.21. The highest BCUT2D eigenvalue weighted by Crippen LogP contribution is 2.14. The van der Waals surface area contributed by atoms with E-state index in [1.165, 1.54) is 0 Å². The molecule has 0 aliphatic carbocycles. The molecule has 1 aliphatic rings. The molecule has 1 atom stereocenters. The van der Waals surface area contributed by atoms with E-state index in [2.05, 4.69) is 17.6 Å². The zero-order valence-corrected chi connectivity index (χ0v) is 11.9. The minimum absolute atomic E-state index is 0.0523. The van der Waals surface area contributed by atoms with Crippen molar-refractivity contribution in [3.05, 3.63) is 29.8 Å². The third-order valence-electron chi connectivity index (χ3n) is 3.11. The van der Waals surface area contributed by atoms with Gasteiger partial charge in [-0.3, -0.25) is 4.79 Å². The molecule has 5 nitrogen and oxygen atoms in total. The first-order chi connectivity index (χ1) is 9.81. The van der Waals surface area contributed by atoms with Gasteiger partial charge in [-0.25, -0.2) is 0 Å². The van der Waals surface area contributed by atoms with Crippen molar-refractivity contribution in [2.45, 2.75) is 19.4 Å². The summed E-state index contributed by atoms with van der Waals surface area (Å²) < 4.78 is 10.8. The Balaban J connectivity index is 1.90. The first kappa shape index (κ1) is 14.8. The number of rotatable bonds is 6. The van der Waals surface area contributed by atoms with E-state index in [0.29, 0.717) is 31.9 Å². The van der Waals surface area contributed by atoms with Crippen LogP contribution in [0.3, 0.4) is 0 Å². The van der Waals surface area contributed by atoms with E-state index in [1.54, 1.807) is 0 Å². The van der Waals surface area contributed by atoms with Crippen molar-refractivity contribution in [3.8, 4) is 0 Å². The number of carbonyl (C=O) groups excluding carboxylic acids is 1. The Labute approximate surface area is 119 Å². The molecule has 5 heteroatoms. The first-order valence-electron chi connectivity index (χ1n) is 7.11. The predicted molar refractivity (Wildman–Crippen MR) is 78.1 cm³/mol. The minimum Gasteiger partial charge on any atom is -0.384 e. The molecule has 1 fully saturated rings. The van der Waals surface area contributed by atoms with E-state index in [9.17, 15) is 4.79 Å². The Hall–Kier alpha value is -1.59. The molecule has 1 unspecified atom stereocenters. The number of anilines is 1. The Morgan fingerprint density at radius 2 is 2.20 bits per heavy atom. The molecular weight excluding hydrogens is 256 g/mol. The van der Waals surface area contributed by atoms with E-state index in [1.807, 2.05) is 24.3 Å². The monoisotopic (exact) mass is 278 g/mol. The van der Waals surface area contributed by atoms with Crippen LogP contribution >= 0.6 is 0 Å². The Kier molecular flexibility index (Phi) is 5.83. The second kappa shape index (κ2) is 7.87.